The van der Waals surface area contributed by atoms with Gasteiger partial charge >= 0.3 is 5.97 Å². The number of hydrogen-bond donors (Lipinski definition) is 2. The molecule has 0 spiro atoms. The lowest BCUT2D eigenvalue weighted by atomic mass is 9.84. The number of ether oxygens (including phenoxy) is 2. The van der Waals surface area contributed by atoms with E-state index in [4.69, 9.17) is 13.9 Å². The Morgan fingerprint density at radius 3 is 2.44 bits per heavy atom. The minimum atomic E-state index is -1.20. The maximum absolute atomic E-state index is 13.6. The van der Waals surface area contributed by atoms with E-state index in [1.165, 1.54) is 38.5 Å². The first-order chi connectivity index (χ1) is 16.4. The Morgan fingerprint density at radius 2 is 1.76 bits per heavy atom. The largest absolute Gasteiger partial charge is 0.508 e. The molecular formula is C27H20O7. The molecule has 7 nitrogen and oxygen atoms in total. The number of rotatable bonds is 4. The van der Waals surface area contributed by atoms with Gasteiger partial charge in [-0.2, -0.15) is 0 Å². The van der Waals surface area contributed by atoms with E-state index in [1.54, 1.807) is 12.1 Å². The van der Waals surface area contributed by atoms with E-state index < -0.39 is 17.3 Å². The summed E-state index contributed by atoms with van der Waals surface area (Å²) in [7, 11) is 2.97. The second-order valence-corrected chi connectivity index (χ2v) is 7.86. The average molecular weight is 456 g/mol. The quantitative estimate of drug-likeness (QED) is 0.461. The van der Waals surface area contributed by atoms with Gasteiger partial charge in [0.15, 0.2) is 16.9 Å². The SMILES string of the molecule is COc1ccc2c(c1OC)C(c1ccccc1)c1oc3cc(O)ccc3c(=O)c1C=C2C(=O)O. The molecular weight excluding hydrogens is 436 g/mol. The third-order valence-corrected chi connectivity index (χ3v) is 6.02. The van der Waals surface area contributed by atoms with Crippen LogP contribution in [0.5, 0.6) is 17.2 Å². The number of phenolic OH excluding ortho intramolecular Hbond substituents is 1. The number of aliphatic carboxylic acids is 1. The molecule has 0 amide bonds. The number of hydrogen-bond acceptors (Lipinski definition) is 6. The fourth-order valence-corrected chi connectivity index (χ4v) is 4.53. The number of carboxylic acids is 1. The molecule has 1 aliphatic carbocycles. The van der Waals surface area contributed by atoms with Crippen molar-refractivity contribution in [1.82, 2.24) is 0 Å². The predicted octanol–water partition coefficient (Wildman–Crippen LogP) is 4.63. The summed E-state index contributed by atoms with van der Waals surface area (Å²) in [5.41, 5.74) is 1.51. The summed E-state index contributed by atoms with van der Waals surface area (Å²) >= 11 is 0. The summed E-state index contributed by atoms with van der Waals surface area (Å²) in [5.74, 6) is -0.939. The normalized spacial score (nSPS) is 14.5. The molecule has 1 heterocycles. The van der Waals surface area contributed by atoms with Gasteiger partial charge in [-0.1, -0.05) is 30.3 Å². The van der Waals surface area contributed by atoms with Crippen molar-refractivity contribution in [2.24, 2.45) is 0 Å². The molecule has 0 saturated heterocycles. The number of carbonyl (C=O) groups is 1. The van der Waals surface area contributed by atoms with Crippen molar-refractivity contribution < 1.29 is 28.9 Å². The monoisotopic (exact) mass is 456 g/mol. The van der Waals surface area contributed by atoms with Crippen molar-refractivity contribution >= 4 is 28.6 Å². The van der Waals surface area contributed by atoms with Crippen molar-refractivity contribution in [2.75, 3.05) is 14.2 Å². The lowest BCUT2D eigenvalue weighted by Crippen LogP contribution is -2.14. The van der Waals surface area contributed by atoms with Gasteiger partial charge in [-0.25, -0.2) is 4.79 Å². The van der Waals surface area contributed by atoms with Crippen LogP contribution in [0.1, 0.15) is 33.9 Å². The lowest BCUT2D eigenvalue weighted by Gasteiger charge is -2.24. The fourth-order valence-electron chi connectivity index (χ4n) is 4.53. The molecule has 5 rings (SSSR count). The molecule has 0 saturated carbocycles. The van der Waals surface area contributed by atoms with Gasteiger partial charge in [0.25, 0.3) is 0 Å². The Labute approximate surface area is 194 Å². The van der Waals surface area contributed by atoms with Gasteiger partial charge in [0, 0.05) is 11.6 Å². The van der Waals surface area contributed by atoms with Gasteiger partial charge in [0.2, 0.25) is 0 Å². The number of phenols is 1. The highest BCUT2D eigenvalue weighted by molar-refractivity contribution is 6.22. The van der Waals surface area contributed by atoms with Crippen LogP contribution in [0.3, 0.4) is 0 Å². The van der Waals surface area contributed by atoms with Crippen molar-refractivity contribution in [1.29, 1.82) is 0 Å². The summed E-state index contributed by atoms with van der Waals surface area (Å²) in [5, 5.41) is 20.4. The van der Waals surface area contributed by atoms with Crippen LogP contribution in [-0.2, 0) is 4.79 Å². The minimum absolute atomic E-state index is 0.0538. The Bertz CT molecular complexity index is 1530. The van der Waals surface area contributed by atoms with Gasteiger partial charge in [-0.05, 0) is 41.5 Å². The van der Waals surface area contributed by atoms with Gasteiger partial charge in [-0.3, -0.25) is 4.79 Å². The van der Waals surface area contributed by atoms with E-state index in [0.717, 1.165) is 5.56 Å². The maximum Gasteiger partial charge on any atom is 0.336 e. The Hall–Kier alpha value is -4.52. The molecule has 4 aromatic rings. The van der Waals surface area contributed by atoms with E-state index in [1.807, 2.05) is 30.3 Å². The van der Waals surface area contributed by atoms with Gasteiger partial charge < -0.3 is 24.1 Å². The Kier molecular flexibility index (Phi) is 5.09. The van der Waals surface area contributed by atoms with Crippen molar-refractivity contribution in [3.05, 3.63) is 98.9 Å². The third-order valence-electron chi connectivity index (χ3n) is 6.02. The van der Waals surface area contributed by atoms with Crippen LogP contribution in [0, 0.1) is 0 Å². The van der Waals surface area contributed by atoms with Gasteiger partial charge in [0.05, 0.1) is 36.7 Å². The van der Waals surface area contributed by atoms with Gasteiger partial charge in [-0.15, -0.1) is 0 Å². The Balaban J connectivity index is 2.01. The zero-order valence-electron chi connectivity index (χ0n) is 18.4. The van der Waals surface area contributed by atoms with E-state index in [-0.39, 0.29) is 33.6 Å². The smallest absolute Gasteiger partial charge is 0.336 e. The lowest BCUT2D eigenvalue weighted by molar-refractivity contribution is -0.130. The molecule has 1 aromatic heterocycles. The molecule has 0 bridgehead atoms. The first-order valence-electron chi connectivity index (χ1n) is 10.5. The number of fused-ring (bicyclic) bond motifs is 3. The molecule has 2 N–H and O–H groups in total. The highest BCUT2D eigenvalue weighted by atomic mass is 16.5. The van der Waals surface area contributed by atoms with Crippen LogP contribution < -0.4 is 14.9 Å². The maximum atomic E-state index is 13.6. The molecule has 0 radical (unpaired) electrons. The fraction of sp³-hybridized carbons (Fsp3) is 0.111. The van der Waals surface area contributed by atoms with Crippen LogP contribution in [0.4, 0.5) is 0 Å². The second-order valence-electron chi connectivity index (χ2n) is 7.86. The van der Waals surface area contributed by atoms with Crippen molar-refractivity contribution in [2.45, 2.75) is 5.92 Å². The van der Waals surface area contributed by atoms with Crippen LogP contribution in [-0.4, -0.2) is 30.4 Å². The first kappa shape index (κ1) is 21.3. The topological polar surface area (TPSA) is 106 Å². The number of benzene rings is 3. The zero-order valence-corrected chi connectivity index (χ0v) is 18.4. The Morgan fingerprint density at radius 1 is 1.00 bits per heavy atom. The molecule has 1 aliphatic rings. The summed E-state index contributed by atoms with van der Waals surface area (Å²) in [6.07, 6.45) is 1.35. The second kappa shape index (κ2) is 8.12. The predicted molar refractivity (Wildman–Crippen MR) is 127 cm³/mol. The van der Waals surface area contributed by atoms with E-state index in [2.05, 4.69) is 0 Å². The van der Waals surface area contributed by atoms with Crippen LogP contribution in [0.2, 0.25) is 0 Å². The minimum Gasteiger partial charge on any atom is -0.508 e. The number of methoxy groups -OCH3 is 2. The molecule has 170 valence electrons. The summed E-state index contributed by atoms with van der Waals surface area (Å²) in [6, 6.07) is 16.8. The molecule has 1 unspecified atom stereocenters. The molecule has 0 fully saturated rings. The molecule has 1 atom stereocenters. The standard InChI is InChI=1S/C27H20O7/c1-32-20-11-10-16-18(27(30)31)13-19-24(29)17-9-8-15(28)12-21(17)34-25(19)22(23(16)26(20)33-2)14-6-4-3-5-7-14/h3-13,22,28H,1-2H3,(H,30,31). The molecule has 3 aromatic carbocycles. The van der Waals surface area contributed by atoms with Crippen molar-refractivity contribution in [3.63, 3.8) is 0 Å². The summed E-state index contributed by atoms with van der Waals surface area (Å²) in [6.45, 7) is 0. The highest BCUT2D eigenvalue weighted by Gasteiger charge is 2.36. The summed E-state index contributed by atoms with van der Waals surface area (Å²) < 4.78 is 17.5. The van der Waals surface area contributed by atoms with E-state index >= 15 is 0 Å². The van der Waals surface area contributed by atoms with Gasteiger partial charge in [0.1, 0.15) is 17.1 Å². The molecule has 7 heteroatoms. The zero-order chi connectivity index (χ0) is 24.0. The third kappa shape index (κ3) is 3.21. The van der Waals surface area contributed by atoms with E-state index in [0.29, 0.717) is 22.6 Å². The van der Waals surface area contributed by atoms with Crippen LogP contribution in [0.15, 0.2) is 69.9 Å². The number of aromatic hydroxyl groups is 1. The van der Waals surface area contributed by atoms with Crippen LogP contribution in [0.25, 0.3) is 22.6 Å². The highest BCUT2D eigenvalue weighted by Crippen LogP contribution is 2.48. The average Bonchev–Trinajstić information content (AvgIpc) is 2.98. The van der Waals surface area contributed by atoms with E-state index in [9.17, 15) is 19.8 Å². The molecule has 0 aliphatic heterocycles. The van der Waals surface area contributed by atoms with Crippen LogP contribution >= 0.6 is 0 Å². The number of carboxylic acid groups (broad SMARTS) is 1. The van der Waals surface area contributed by atoms with Crippen molar-refractivity contribution in [3.8, 4) is 17.2 Å². The first-order valence-corrected chi connectivity index (χ1v) is 10.5. The molecule has 34 heavy (non-hydrogen) atoms. The summed E-state index contributed by atoms with van der Waals surface area (Å²) in [4.78, 5) is 26.0.